The molecule has 0 spiro atoms. The molecule has 1 atom stereocenters. The minimum atomic E-state index is -0.0590. The lowest BCUT2D eigenvalue weighted by Gasteiger charge is -2.47. The van der Waals surface area contributed by atoms with Crippen molar-refractivity contribution in [3.05, 3.63) is 0 Å². The van der Waals surface area contributed by atoms with E-state index in [1.807, 2.05) is 0 Å². The van der Waals surface area contributed by atoms with Gasteiger partial charge in [-0.25, -0.2) is 0 Å². The molecule has 1 unspecified atom stereocenters. The van der Waals surface area contributed by atoms with Crippen molar-refractivity contribution in [3.63, 3.8) is 0 Å². The molecule has 0 amide bonds. The van der Waals surface area contributed by atoms with Gasteiger partial charge in [0.1, 0.15) is 5.72 Å². The smallest absolute Gasteiger partial charge is 0.119 e. The van der Waals surface area contributed by atoms with Crippen molar-refractivity contribution in [1.82, 2.24) is 5.32 Å². The molecule has 2 heterocycles. The van der Waals surface area contributed by atoms with Gasteiger partial charge in [0.2, 0.25) is 0 Å². The van der Waals surface area contributed by atoms with Gasteiger partial charge in [0.05, 0.1) is 6.61 Å². The molecular weight excluding hydrogens is 242 g/mol. The predicted octanol–water partition coefficient (Wildman–Crippen LogP) is 2.91. The molecule has 0 aromatic heterocycles. The fourth-order valence-corrected chi connectivity index (χ4v) is 3.48. The maximum Gasteiger partial charge on any atom is 0.119 e. The summed E-state index contributed by atoms with van der Waals surface area (Å²) in [6, 6.07) is 0. The van der Waals surface area contributed by atoms with Crippen LogP contribution in [-0.4, -0.2) is 30.4 Å². The molecule has 1 N–H and O–H groups in total. The lowest BCUT2D eigenvalue weighted by Crippen LogP contribution is -2.60. The average Bonchev–Trinajstić information content (AvgIpc) is 2.24. The third kappa shape index (κ3) is 3.28. The molecule has 2 nitrogen and oxygen atoms in total. The minimum Gasteiger partial charge on any atom is -0.360 e. The SMILES string of the molecule is CC1(C)CNC(C)(C2CCSCC2)OC1.Cl. The molecule has 0 radical (unpaired) electrons. The highest BCUT2D eigenvalue weighted by Crippen LogP contribution is 2.36. The quantitative estimate of drug-likeness (QED) is 0.788. The van der Waals surface area contributed by atoms with Gasteiger partial charge in [-0.15, -0.1) is 12.4 Å². The van der Waals surface area contributed by atoms with Crippen LogP contribution in [0.3, 0.4) is 0 Å². The highest BCUT2D eigenvalue weighted by atomic mass is 35.5. The van der Waals surface area contributed by atoms with E-state index in [2.05, 4.69) is 37.8 Å². The molecule has 2 rings (SSSR count). The Balaban J connectivity index is 0.00000128. The summed E-state index contributed by atoms with van der Waals surface area (Å²) >= 11 is 2.08. The summed E-state index contributed by atoms with van der Waals surface area (Å²) in [6.45, 7) is 8.72. The number of ether oxygens (including phenoxy) is 1. The Morgan fingerprint density at radius 1 is 1.19 bits per heavy atom. The molecular formula is C12H24ClNOS. The lowest BCUT2D eigenvalue weighted by atomic mass is 9.86. The minimum absolute atomic E-state index is 0. The first-order valence-corrected chi connectivity index (χ1v) is 7.14. The molecule has 2 fully saturated rings. The molecule has 0 aliphatic carbocycles. The van der Waals surface area contributed by atoms with Crippen LogP contribution in [-0.2, 0) is 4.74 Å². The number of rotatable bonds is 1. The number of hydrogen-bond donors (Lipinski definition) is 1. The maximum atomic E-state index is 6.10. The fraction of sp³-hybridized carbons (Fsp3) is 1.00. The van der Waals surface area contributed by atoms with Gasteiger partial charge in [0.15, 0.2) is 0 Å². The van der Waals surface area contributed by atoms with E-state index in [0.717, 1.165) is 13.2 Å². The standard InChI is InChI=1S/C12H23NOS.ClH/c1-11(2)8-13-12(3,14-9-11)10-4-6-15-7-5-10;/h10,13H,4-9H2,1-3H3;1H. The summed E-state index contributed by atoms with van der Waals surface area (Å²) < 4.78 is 6.10. The van der Waals surface area contributed by atoms with Crippen molar-refractivity contribution in [1.29, 1.82) is 0 Å². The molecule has 0 aromatic carbocycles. The second-order valence-corrected chi connectivity index (χ2v) is 7.02. The second kappa shape index (κ2) is 5.47. The number of halogens is 1. The third-order valence-corrected chi connectivity index (χ3v) is 4.73. The number of nitrogens with one attached hydrogen (secondary N) is 1. The van der Waals surface area contributed by atoms with Crippen LogP contribution in [0.1, 0.15) is 33.6 Å². The maximum absolute atomic E-state index is 6.10. The van der Waals surface area contributed by atoms with Crippen LogP contribution in [0.25, 0.3) is 0 Å². The molecule has 96 valence electrons. The van der Waals surface area contributed by atoms with Crippen LogP contribution in [0.2, 0.25) is 0 Å². The molecule has 2 aliphatic rings. The summed E-state index contributed by atoms with van der Waals surface area (Å²) in [4.78, 5) is 0. The zero-order chi connectivity index (χ0) is 10.9. The van der Waals surface area contributed by atoms with Gasteiger partial charge >= 0.3 is 0 Å². The van der Waals surface area contributed by atoms with Crippen LogP contribution in [0, 0.1) is 11.3 Å². The zero-order valence-corrected chi connectivity index (χ0v) is 12.2. The largest absolute Gasteiger partial charge is 0.360 e. The number of hydrogen-bond acceptors (Lipinski definition) is 3. The normalized spacial score (nSPS) is 35.4. The van der Waals surface area contributed by atoms with Gasteiger partial charge in [-0.05, 0) is 31.3 Å². The first kappa shape index (κ1) is 14.6. The Morgan fingerprint density at radius 2 is 1.81 bits per heavy atom. The molecule has 0 saturated carbocycles. The summed E-state index contributed by atoms with van der Waals surface area (Å²) in [6.07, 6.45) is 2.60. The Bertz CT molecular complexity index is 219. The van der Waals surface area contributed by atoms with E-state index in [9.17, 15) is 0 Å². The monoisotopic (exact) mass is 265 g/mol. The van der Waals surface area contributed by atoms with Crippen molar-refractivity contribution < 1.29 is 4.74 Å². The fourth-order valence-electron chi connectivity index (χ4n) is 2.37. The van der Waals surface area contributed by atoms with Gasteiger partial charge in [0.25, 0.3) is 0 Å². The van der Waals surface area contributed by atoms with Crippen molar-refractivity contribution in [2.24, 2.45) is 11.3 Å². The van der Waals surface area contributed by atoms with Gasteiger partial charge in [-0.2, -0.15) is 11.8 Å². The van der Waals surface area contributed by atoms with Crippen molar-refractivity contribution in [2.75, 3.05) is 24.7 Å². The van der Waals surface area contributed by atoms with Gasteiger partial charge in [-0.3, -0.25) is 5.32 Å². The van der Waals surface area contributed by atoms with Crippen LogP contribution in [0.4, 0.5) is 0 Å². The molecule has 0 aromatic rings. The van der Waals surface area contributed by atoms with Crippen LogP contribution in [0.5, 0.6) is 0 Å². The predicted molar refractivity (Wildman–Crippen MR) is 73.4 cm³/mol. The highest BCUT2D eigenvalue weighted by molar-refractivity contribution is 7.99. The third-order valence-electron chi connectivity index (χ3n) is 3.68. The van der Waals surface area contributed by atoms with Crippen molar-refractivity contribution >= 4 is 24.2 Å². The molecule has 0 bridgehead atoms. The van der Waals surface area contributed by atoms with Gasteiger partial charge < -0.3 is 4.74 Å². The van der Waals surface area contributed by atoms with Gasteiger partial charge in [-0.1, -0.05) is 13.8 Å². The van der Waals surface area contributed by atoms with E-state index in [-0.39, 0.29) is 18.1 Å². The number of thioether (sulfide) groups is 1. The zero-order valence-electron chi connectivity index (χ0n) is 10.5. The summed E-state index contributed by atoms with van der Waals surface area (Å²) in [5.74, 6) is 3.30. The van der Waals surface area contributed by atoms with E-state index in [1.165, 1.54) is 24.3 Å². The average molecular weight is 266 g/mol. The Morgan fingerprint density at radius 3 is 2.31 bits per heavy atom. The summed E-state index contributed by atoms with van der Waals surface area (Å²) in [5.41, 5.74) is 0.236. The lowest BCUT2D eigenvalue weighted by molar-refractivity contribution is -0.158. The van der Waals surface area contributed by atoms with Gasteiger partial charge in [0, 0.05) is 17.9 Å². The van der Waals surface area contributed by atoms with E-state index in [4.69, 9.17) is 4.74 Å². The molecule has 4 heteroatoms. The van der Waals surface area contributed by atoms with E-state index in [0.29, 0.717) is 11.3 Å². The Labute approximate surface area is 110 Å². The first-order chi connectivity index (χ1) is 7.02. The second-order valence-electron chi connectivity index (χ2n) is 5.80. The Hall–Kier alpha value is 0.560. The summed E-state index contributed by atoms with van der Waals surface area (Å²) in [7, 11) is 0. The van der Waals surface area contributed by atoms with Crippen LogP contribution in [0.15, 0.2) is 0 Å². The molecule has 2 aliphatic heterocycles. The van der Waals surface area contributed by atoms with Crippen molar-refractivity contribution in [3.8, 4) is 0 Å². The molecule has 2 saturated heterocycles. The van der Waals surface area contributed by atoms with E-state index in [1.54, 1.807) is 0 Å². The summed E-state index contributed by atoms with van der Waals surface area (Å²) in [5, 5.41) is 3.62. The molecule has 16 heavy (non-hydrogen) atoms. The van der Waals surface area contributed by atoms with E-state index >= 15 is 0 Å². The highest BCUT2D eigenvalue weighted by Gasteiger charge is 2.41. The topological polar surface area (TPSA) is 21.3 Å². The van der Waals surface area contributed by atoms with Crippen LogP contribution < -0.4 is 5.32 Å². The van der Waals surface area contributed by atoms with Crippen LogP contribution >= 0.6 is 24.2 Å². The first-order valence-electron chi connectivity index (χ1n) is 5.99. The Kier molecular flexibility index (Phi) is 5.00. The van der Waals surface area contributed by atoms with E-state index < -0.39 is 0 Å². The van der Waals surface area contributed by atoms with Crippen molar-refractivity contribution in [2.45, 2.75) is 39.3 Å².